The van der Waals surface area contributed by atoms with Crippen molar-refractivity contribution in [2.45, 2.75) is 20.0 Å². The molecule has 1 aliphatic heterocycles. The lowest BCUT2D eigenvalue weighted by Gasteiger charge is -2.05. The highest BCUT2D eigenvalue weighted by molar-refractivity contribution is 5.47. The van der Waals surface area contributed by atoms with E-state index < -0.39 is 0 Å². The minimum Gasteiger partial charge on any atom is -0.370 e. The van der Waals surface area contributed by atoms with E-state index in [9.17, 15) is 0 Å². The average Bonchev–Trinajstić information content (AvgIpc) is 2.53. The first-order valence-corrected chi connectivity index (χ1v) is 4.19. The molecular formula is C8H12N4. The highest BCUT2D eigenvalue weighted by atomic mass is 15.0. The van der Waals surface area contributed by atoms with Gasteiger partial charge in [-0.05, 0) is 6.92 Å². The van der Waals surface area contributed by atoms with Gasteiger partial charge in [-0.25, -0.2) is 9.97 Å². The minimum atomic E-state index is 0.871. The molecule has 0 saturated carbocycles. The molecule has 12 heavy (non-hydrogen) atoms. The summed E-state index contributed by atoms with van der Waals surface area (Å²) < 4.78 is 0. The number of nitrogens with zero attached hydrogens (tertiary/aromatic N) is 2. The maximum Gasteiger partial charge on any atom is 0.134 e. The van der Waals surface area contributed by atoms with Crippen LogP contribution in [-0.2, 0) is 13.1 Å². The monoisotopic (exact) mass is 164 g/mol. The molecule has 0 atom stereocenters. The SMILES string of the molecule is CCNc1ncnc2c1CNC2. The fourth-order valence-electron chi connectivity index (χ4n) is 1.41. The number of rotatable bonds is 2. The molecule has 0 aliphatic carbocycles. The third-order valence-electron chi connectivity index (χ3n) is 1.97. The lowest BCUT2D eigenvalue weighted by molar-refractivity contribution is 0.758. The first-order valence-electron chi connectivity index (χ1n) is 4.19. The molecule has 4 heteroatoms. The maximum absolute atomic E-state index is 4.19. The van der Waals surface area contributed by atoms with Crippen molar-refractivity contribution in [2.24, 2.45) is 0 Å². The third kappa shape index (κ3) is 1.14. The topological polar surface area (TPSA) is 49.8 Å². The van der Waals surface area contributed by atoms with Gasteiger partial charge in [0.1, 0.15) is 12.1 Å². The molecule has 0 unspecified atom stereocenters. The Kier molecular flexibility index (Phi) is 1.91. The van der Waals surface area contributed by atoms with Crippen LogP contribution in [0.3, 0.4) is 0 Å². The molecule has 1 aromatic rings. The van der Waals surface area contributed by atoms with E-state index in [-0.39, 0.29) is 0 Å². The summed E-state index contributed by atoms with van der Waals surface area (Å²) in [6.07, 6.45) is 1.61. The van der Waals surface area contributed by atoms with Crippen LogP contribution in [0.5, 0.6) is 0 Å². The first kappa shape index (κ1) is 7.49. The summed E-state index contributed by atoms with van der Waals surface area (Å²) in [5, 5.41) is 6.46. The summed E-state index contributed by atoms with van der Waals surface area (Å²) in [5.41, 5.74) is 2.35. The Morgan fingerprint density at radius 2 is 2.42 bits per heavy atom. The van der Waals surface area contributed by atoms with Gasteiger partial charge in [0.05, 0.1) is 5.69 Å². The Morgan fingerprint density at radius 3 is 3.25 bits per heavy atom. The van der Waals surface area contributed by atoms with E-state index in [0.717, 1.165) is 31.1 Å². The van der Waals surface area contributed by atoms with Crippen molar-refractivity contribution in [1.29, 1.82) is 0 Å². The Bertz CT molecular complexity index is 284. The third-order valence-corrected chi connectivity index (χ3v) is 1.97. The summed E-state index contributed by atoms with van der Waals surface area (Å²) >= 11 is 0. The Hall–Kier alpha value is -1.16. The van der Waals surface area contributed by atoms with Crippen molar-refractivity contribution in [1.82, 2.24) is 15.3 Å². The molecule has 64 valence electrons. The normalized spacial score (nSPS) is 14.4. The van der Waals surface area contributed by atoms with Crippen LogP contribution in [0.1, 0.15) is 18.2 Å². The van der Waals surface area contributed by atoms with Gasteiger partial charge in [0.25, 0.3) is 0 Å². The van der Waals surface area contributed by atoms with Gasteiger partial charge in [-0.15, -0.1) is 0 Å². The van der Waals surface area contributed by atoms with Gasteiger partial charge >= 0.3 is 0 Å². The highest BCUT2D eigenvalue weighted by Crippen LogP contribution is 2.18. The molecule has 1 aromatic heterocycles. The largest absolute Gasteiger partial charge is 0.370 e. The average molecular weight is 164 g/mol. The van der Waals surface area contributed by atoms with Crippen LogP contribution in [0, 0.1) is 0 Å². The zero-order valence-corrected chi connectivity index (χ0v) is 7.09. The molecule has 2 N–H and O–H groups in total. The quantitative estimate of drug-likeness (QED) is 0.668. The fraction of sp³-hybridized carbons (Fsp3) is 0.500. The number of fused-ring (bicyclic) bond motifs is 1. The Balaban J connectivity index is 2.36. The van der Waals surface area contributed by atoms with Gasteiger partial charge in [0.2, 0.25) is 0 Å². The van der Waals surface area contributed by atoms with E-state index in [2.05, 4.69) is 27.5 Å². The van der Waals surface area contributed by atoms with Crippen molar-refractivity contribution in [3.8, 4) is 0 Å². The van der Waals surface area contributed by atoms with E-state index in [1.165, 1.54) is 5.56 Å². The predicted octanol–water partition coefficient (Wildman–Crippen LogP) is 0.512. The molecule has 0 spiro atoms. The van der Waals surface area contributed by atoms with Crippen molar-refractivity contribution in [3.05, 3.63) is 17.6 Å². The van der Waals surface area contributed by atoms with Crippen LogP contribution in [-0.4, -0.2) is 16.5 Å². The van der Waals surface area contributed by atoms with Crippen LogP contribution in [0.25, 0.3) is 0 Å². The van der Waals surface area contributed by atoms with Gasteiger partial charge in [0.15, 0.2) is 0 Å². The van der Waals surface area contributed by atoms with Gasteiger partial charge in [-0.3, -0.25) is 0 Å². The van der Waals surface area contributed by atoms with E-state index in [1.54, 1.807) is 6.33 Å². The van der Waals surface area contributed by atoms with E-state index >= 15 is 0 Å². The van der Waals surface area contributed by atoms with Gasteiger partial charge in [-0.1, -0.05) is 0 Å². The maximum atomic E-state index is 4.19. The van der Waals surface area contributed by atoms with Crippen LogP contribution in [0.4, 0.5) is 5.82 Å². The molecule has 1 aliphatic rings. The summed E-state index contributed by atoms with van der Waals surface area (Å²) in [4.78, 5) is 8.37. The zero-order valence-electron chi connectivity index (χ0n) is 7.09. The van der Waals surface area contributed by atoms with E-state index in [1.807, 2.05) is 0 Å². The molecule has 0 saturated heterocycles. The van der Waals surface area contributed by atoms with Crippen LogP contribution < -0.4 is 10.6 Å². The number of hydrogen-bond acceptors (Lipinski definition) is 4. The summed E-state index contributed by atoms with van der Waals surface area (Å²) in [6.45, 7) is 4.73. The van der Waals surface area contributed by atoms with Gasteiger partial charge in [-0.2, -0.15) is 0 Å². The Labute approximate surface area is 71.4 Å². The summed E-state index contributed by atoms with van der Waals surface area (Å²) in [7, 11) is 0. The molecule has 4 nitrogen and oxygen atoms in total. The van der Waals surface area contributed by atoms with Gasteiger partial charge in [0, 0.05) is 25.2 Å². The highest BCUT2D eigenvalue weighted by Gasteiger charge is 2.15. The summed E-state index contributed by atoms with van der Waals surface area (Å²) in [6, 6.07) is 0. The molecule has 0 radical (unpaired) electrons. The van der Waals surface area contributed by atoms with Crippen LogP contribution in [0.2, 0.25) is 0 Å². The van der Waals surface area contributed by atoms with Crippen molar-refractivity contribution in [3.63, 3.8) is 0 Å². The molecule has 0 fully saturated rings. The fourth-order valence-corrected chi connectivity index (χ4v) is 1.41. The number of nitrogens with one attached hydrogen (secondary N) is 2. The number of aromatic nitrogens is 2. The van der Waals surface area contributed by atoms with Crippen LogP contribution >= 0.6 is 0 Å². The van der Waals surface area contributed by atoms with Crippen molar-refractivity contribution < 1.29 is 0 Å². The second-order valence-electron chi connectivity index (χ2n) is 2.78. The number of anilines is 1. The van der Waals surface area contributed by atoms with Crippen molar-refractivity contribution >= 4 is 5.82 Å². The van der Waals surface area contributed by atoms with Crippen LogP contribution in [0.15, 0.2) is 6.33 Å². The van der Waals surface area contributed by atoms with Gasteiger partial charge < -0.3 is 10.6 Å². The van der Waals surface area contributed by atoms with Crippen molar-refractivity contribution in [2.75, 3.05) is 11.9 Å². The second-order valence-corrected chi connectivity index (χ2v) is 2.78. The minimum absolute atomic E-state index is 0.871. The Morgan fingerprint density at radius 1 is 1.50 bits per heavy atom. The molecule has 2 heterocycles. The number of hydrogen-bond donors (Lipinski definition) is 2. The second kappa shape index (κ2) is 3.06. The first-order chi connectivity index (χ1) is 5.92. The molecule has 2 rings (SSSR count). The molecule has 0 aromatic carbocycles. The standard InChI is InChI=1S/C8H12N4/c1-2-10-8-6-3-9-4-7(6)11-5-12-8/h5,9H,2-4H2,1H3,(H,10,11,12). The lowest BCUT2D eigenvalue weighted by atomic mass is 10.2. The predicted molar refractivity (Wildman–Crippen MR) is 46.7 cm³/mol. The molecular weight excluding hydrogens is 152 g/mol. The molecule has 0 amide bonds. The molecule has 0 bridgehead atoms. The smallest absolute Gasteiger partial charge is 0.134 e. The lowest BCUT2D eigenvalue weighted by Crippen LogP contribution is -2.05. The summed E-state index contributed by atoms with van der Waals surface area (Å²) in [5.74, 6) is 0.979. The van der Waals surface area contributed by atoms with E-state index in [0.29, 0.717) is 0 Å². The zero-order chi connectivity index (χ0) is 8.39. The van der Waals surface area contributed by atoms with E-state index in [4.69, 9.17) is 0 Å².